The highest BCUT2D eigenvalue weighted by molar-refractivity contribution is 14.0. The van der Waals surface area contributed by atoms with E-state index in [1.165, 1.54) is 0 Å². The SMILES string of the molecule is CCN(C)CCNC(=NC)NC1CCCC(S(=O)CC)C1.I. The number of guanidine groups is 1. The molecule has 22 heavy (non-hydrogen) atoms. The van der Waals surface area contributed by atoms with Crippen molar-refractivity contribution >= 4 is 40.7 Å². The quantitative estimate of drug-likeness (QED) is 0.357. The summed E-state index contributed by atoms with van der Waals surface area (Å²) >= 11 is 0. The van der Waals surface area contributed by atoms with Crippen molar-refractivity contribution in [2.45, 2.75) is 50.8 Å². The van der Waals surface area contributed by atoms with Crippen LogP contribution in [0, 0.1) is 0 Å². The monoisotopic (exact) mass is 444 g/mol. The zero-order valence-corrected chi connectivity index (χ0v) is 17.6. The molecule has 0 radical (unpaired) electrons. The molecule has 1 saturated carbocycles. The summed E-state index contributed by atoms with van der Waals surface area (Å²) in [4.78, 5) is 6.56. The molecule has 2 N–H and O–H groups in total. The highest BCUT2D eigenvalue weighted by atomic mass is 127. The van der Waals surface area contributed by atoms with Gasteiger partial charge in [-0.15, -0.1) is 24.0 Å². The van der Waals surface area contributed by atoms with Gasteiger partial charge in [-0.25, -0.2) is 0 Å². The normalized spacial score (nSPS) is 23.8. The van der Waals surface area contributed by atoms with Gasteiger partial charge in [-0.1, -0.05) is 20.3 Å². The molecule has 0 aromatic rings. The van der Waals surface area contributed by atoms with E-state index >= 15 is 0 Å². The number of nitrogens with zero attached hydrogens (tertiary/aromatic N) is 2. The van der Waals surface area contributed by atoms with Crippen LogP contribution in [0.15, 0.2) is 4.99 Å². The van der Waals surface area contributed by atoms with Crippen LogP contribution in [-0.4, -0.2) is 65.8 Å². The standard InChI is InChI=1S/C15H32N4OS.HI/c1-5-19(4)11-10-17-15(16-3)18-13-8-7-9-14(12-13)21(20)6-2;/h13-14H,5-12H2,1-4H3,(H2,16,17,18);1H. The first-order valence-electron chi connectivity index (χ1n) is 8.13. The maximum absolute atomic E-state index is 12.0. The van der Waals surface area contributed by atoms with E-state index in [0.717, 1.165) is 57.0 Å². The smallest absolute Gasteiger partial charge is 0.191 e. The van der Waals surface area contributed by atoms with E-state index in [1.807, 2.05) is 14.0 Å². The summed E-state index contributed by atoms with van der Waals surface area (Å²) in [6.45, 7) is 7.12. The van der Waals surface area contributed by atoms with Crippen LogP contribution < -0.4 is 10.6 Å². The Morgan fingerprint density at radius 1 is 1.36 bits per heavy atom. The number of aliphatic imine (C=N–C) groups is 1. The Morgan fingerprint density at radius 2 is 2.09 bits per heavy atom. The zero-order valence-electron chi connectivity index (χ0n) is 14.4. The lowest BCUT2D eigenvalue weighted by Gasteiger charge is -2.30. The molecule has 0 heterocycles. The number of nitrogens with one attached hydrogen (secondary N) is 2. The maximum atomic E-state index is 12.0. The molecule has 3 atom stereocenters. The van der Waals surface area contributed by atoms with Crippen LogP contribution >= 0.6 is 24.0 Å². The minimum atomic E-state index is -0.671. The van der Waals surface area contributed by atoms with Gasteiger partial charge in [0, 0.05) is 48.0 Å². The minimum absolute atomic E-state index is 0. The highest BCUT2D eigenvalue weighted by Crippen LogP contribution is 2.22. The van der Waals surface area contributed by atoms with E-state index < -0.39 is 10.8 Å². The maximum Gasteiger partial charge on any atom is 0.191 e. The van der Waals surface area contributed by atoms with Gasteiger partial charge in [0.25, 0.3) is 0 Å². The molecule has 7 heteroatoms. The number of rotatable bonds is 7. The van der Waals surface area contributed by atoms with Crippen molar-refractivity contribution in [2.75, 3.05) is 39.5 Å². The molecule has 1 aliphatic carbocycles. The van der Waals surface area contributed by atoms with Crippen LogP contribution in [0.5, 0.6) is 0 Å². The van der Waals surface area contributed by atoms with E-state index in [0.29, 0.717) is 11.3 Å². The van der Waals surface area contributed by atoms with E-state index in [2.05, 4.69) is 34.5 Å². The van der Waals surface area contributed by atoms with E-state index in [4.69, 9.17) is 0 Å². The predicted octanol–water partition coefficient (Wildman–Crippen LogP) is 1.80. The Labute approximate surface area is 155 Å². The van der Waals surface area contributed by atoms with Crippen molar-refractivity contribution in [1.82, 2.24) is 15.5 Å². The van der Waals surface area contributed by atoms with Crippen molar-refractivity contribution in [3.05, 3.63) is 0 Å². The van der Waals surface area contributed by atoms with Crippen LogP contribution in [0.3, 0.4) is 0 Å². The van der Waals surface area contributed by atoms with E-state index in [9.17, 15) is 4.21 Å². The largest absolute Gasteiger partial charge is 0.355 e. The molecule has 1 rings (SSSR count). The third-order valence-electron chi connectivity index (χ3n) is 4.17. The van der Waals surface area contributed by atoms with Gasteiger partial charge in [0.15, 0.2) is 5.96 Å². The fourth-order valence-corrected chi connectivity index (χ4v) is 4.01. The van der Waals surface area contributed by atoms with Gasteiger partial charge in [-0.05, 0) is 32.9 Å². The Morgan fingerprint density at radius 3 is 2.68 bits per heavy atom. The second-order valence-electron chi connectivity index (χ2n) is 5.69. The first-order valence-corrected chi connectivity index (χ1v) is 9.51. The van der Waals surface area contributed by atoms with E-state index in [-0.39, 0.29) is 24.0 Å². The molecular formula is C15H33IN4OS. The van der Waals surface area contributed by atoms with Crippen molar-refractivity contribution in [2.24, 2.45) is 4.99 Å². The Hall–Kier alpha value is 0.110. The predicted molar refractivity (Wildman–Crippen MR) is 108 cm³/mol. The van der Waals surface area contributed by atoms with Crippen molar-refractivity contribution < 1.29 is 4.21 Å². The lowest BCUT2D eigenvalue weighted by Crippen LogP contribution is -2.47. The number of hydrogen-bond donors (Lipinski definition) is 2. The number of halogens is 1. The molecule has 1 aliphatic rings. The lowest BCUT2D eigenvalue weighted by atomic mass is 9.95. The van der Waals surface area contributed by atoms with Gasteiger partial charge < -0.3 is 15.5 Å². The molecule has 0 spiro atoms. The summed E-state index contributed by atoms with van der Waals surface area (Å²) in [5, 5.41) is 7.21. The van der Waals surface area contributed by atoms with Crippen LogP contribution in [-0.2, 0) is 10.8 Å². The van der Waals surface area contributed by atoms with Gasteiger partial charge in [0.05, 0.1) is 0 Å². The molecule has 132 valence electrons. The summed E-state index contributed by atoms with van der Waals surface area (Å²) < 4.78 is 12.0. The molecule has 0 bridgehead atoms. The van der Waals surface area contributed by atoms with Crippen molar-refractivity contribution in [3.63, 3.8) is 0 Å². The highest BCUT2D eigenvalue weighted by Gasteiger charge is 2.25. The first-order chi connectivity index (χ1) is 10.1. The second-order valence-corrected chi connectivity index (χ2v) is 7.70. The summed E-state index contributed by atoms with van der Waals surface area (Å²) in [5.41, 5.74) is 0. The van der Waals surface area contributed by atoms with Crippen LogP contribution in [0.2, 0.25) is 0 Å². The molecule has 3 unspecified atom stereocenters. The summed E-state index contributed by atoms with van der Waals surface area (Å²) in [5.74, 6) is 1.64. The van der Waals surface area contributed by atoms with Crippen molar-refractivity contribution in [3.8, 4) is 0 Å². The molecule has 0 aromatic carbocycles. The molecule has 0 aromatic heterocycles. The fraction of sp³-hybridized carbons (Fsp3) is 0.933. The van der Waals surface area contributed by atoms with Gasteiger partial charge in [-0.3, -0.25) is 9.20 Å². The molecule has 0 saturated heterocycles. The molecule has 5 nitrogen and oxygen atoms in total. The number of likely N-dealkylation sites (N-methyl/N-ethyl adjacent to an activating group) is 1. The lowest BCUT2D eigenvalue weighted by molar-refractivity contribution is 0.355. The van der Waals surface area contributed by atoms with Crippen molar-refractivity contribution in [1.29, 1.82) is 0 Å². The Kier molecular flexibility index (Phi) is 12.6. The second kappa shape index (κ2) is 12.5. The summed E-state index contributed by atoms with van der Waals surface area (Å²) in [6, 6.07) is 0.398. The molecule has 0 aliphatic heterocycles. The molecule has 1 fully saturated rings. The van der Waals surface area contributed by atoms with Gasteiger partial charge in [-0.2, -0.15) is 0 Å². The summed E-state index contributed by atoms with van der Waals surface area (Å²) in [7, 11) is 3.25. The summed E-state index contributed by atoms with van der Waals surface area (Å²) in [6.07, 6.45) is 4.40. The van der Waals surface area contributed by atoms with Crippen LogP contribution in [0.4, 0.5) is 0 Å². The fourth-order valence-electron chi connectivity index (χ4n) is 2.66. The first kappa shape index (κ1) is 22.1. The van der Waals surface area contributed by atoms with Crippen LogP contribution in [0.25, 0.3) is 0 Å². The van der Waals surface area contributed by atoms with E-state index in [1.54, 1.807) is 0 Å². The topological polar surface area (TPSA) is 56.7 Å². The van der Waals surface area contributed by atoms with Crippen LogP contribution in [0.1, 0.15) is 39.5 Å². The third kappa shape index (κ3) is 8.10. The average Bonchev–Trinajstić information content (AvgIpc) is 2.53. The Balaban J connectivity index is 0.00000441. The molecular weight excluding hydrogens is 411 g/mol. The third-order valence-corrected chi connectivity index (χ3v) is 5.91. The number of hydrogen-bond acceptors (Lipinski definition) is 3. The van der Waals surface area contributed by atoms with Gasteiger partial charge >= 0.3 is 0 Å². The van der Waals surface area contributed by atoms with Gasteiger partial charge in [0.1, 0.15) is 0 Å². The zero-order chi connectivity index (χ0) is 15.7. The Bertz CT molecular complexity index is 354. The van der Waals surface area contributed by atoms with Gasteiger partial charge in [0.2, 0.25) is 0 Å². The minimum Gasteiger partial charge on any atom is -0.355 e. The molecule has 0 amide bonds. The average molecular weight is 444 g/mol.